The van der Waals surface area contributed by atoms with Crippen molar-refractivity contribution in [3.05, 3.63) is 0 Å². The highest BCUT2D eigenvalue weighted by Gasteiger charge is 1.87. The van der Waals surface area contributed by atoms with E-state index in [0.29, 0.717) is 6.42 Å². The van der Waals surface area contributed by atoms with Gasteiger partial charge in [-0.1, -0.05) is 6.92 Å². The molecule has 23 heavy (non-hydrogen) atoms. The van der Waals surface area contributed by atoms with Crippen LogP contribution in [0.3, 0.4) is 0 Å². The monoisotopic (exact) mass is 342 g/mol. The van der Waals surface area contributed by atoms with Gasteiger partial charge in [0.15, 0.2) is 0 Å². The number of hydrogen-bond donors (Lipinski definition) is 0. The lowest BCUT2D eigenvalue weighted by Crippen LogP contribution is -1.94. The van der Waals surface area contributed by atoms with Crippen molar-refractivity contribution in [2.75, 3.05) is 55.4 Å². The Morgan fingerprint density at radius 1 is 0.739 bits per heavy atom. The lowest BCUT2D eigenvalue weighted by molar-refractivity contribution is -0.140. The predicted octanol–water partition coefficient (Wildman–Crippen LogP) is 2.71. The minimum absolute atomic E-state index is 0.157. The fraction of sp³-hybridized carbons (Fsp3) is 0.875. The second kappa shape index (κ2) is 42.8. The summed E-state index contributed by atoms with van der Waals surface area (Å²) in [6, 6.07) is 0. The molecule has 7 nitrogen and oxygen atoms in total. The third-order valence-corrected chi connectivity index (χ3v) is 1.50. The molecular formula is C16H38O7. The van der Waals surface area contributed by atoms with Crippen LogP contribution in [0.25, 0.3) is 0 Å². The van der Waals surface area contributed by atoms with Gasteiger partial charge in [0, 0.05) is 54.5 Å². The number of carbonyl (C=O) groups is 2. The highest BCUT2D eigenvalue weighted by Crippen LogP contribution is 1.76. The molecule has 0 bridgehead atoms. The fourth-order valence-corrected chi connectivity index (χ4v) is 0.348. The average molecular weight is 342 g/mol. The summed E-state index contributed by atoms with van der Waals surface area (Å²) in [7, 11) is 7.66. The van der Waals surface area contributed by atoms with Gasteiger partial charge >= 0.3 is 11.9 Å². The first kappa shape index (κ1) is 33.4. The quantitative estimate of drug-likeness (QED) is 0.727. The molecule has 0 saturated carbocycles. The zero-order chi connectivity index (χ0) is 19.5. The van der Waals surface area contributed by atoms with Crippen LogP contribution in [0.2, 0.25) is 0 Å². The molecular weight excluding hydrogens is 304 g/mol. The van der Waals surface area contributed by atoms with Gasteiger partial charge in [0.05, 0.1) is 14.2 Å². The maximum absolute atomic E-state index is 9.96. The maximum atomic E-state index is 9.96. The van der Waals surface area contributed by atoms with E-state index >= 15 is 0 Å². The average Bonchev–Trinajstić information content (AvgIpc) is 2.56. The Hall–Kier alpha value is -1.18. The molecule has 0 atom stereocenters. The van der Waals surface area contributed by atoms with E-state index in [4.69, 9.17) is 4.74 Å². The largest absolute Gasteiger partial charge is 0.469 e. The standard InChI is InChI=1S/C4H8O2.C4H10O.C3H6O2.C3H8O.C2H6O/c1-3-4(5)6-2;1-3-5-4-2;1-3(4)5-2;1-3-4-2;1-3-2/h3H2,1-2H3;3-4H2,1-2H3;1-2H3;3H2,1-2H3;1-2H3. The van der Waals surface area contributed by atoms with Crippen molar-refractivity contribution in [1.29, 1.82) is 0 Å². The van der Waals surface area contributed by atoms with Crippen LogP contribution in [0, 0.1) is 0 Å². The molecule has 0 rings (SSSR count). The molecule has 0 spiro atoms. The third-order valence-electron chi connectivity index (χ3n) is 1.50. The van der Waals surface area contributed by atoms with Gasteiger partial charge < -0.3 is 23.7 Å². The Kier molecular flexibility index (Phi) is 62.2. The van der Waals surface area contributed by atoms with Crippen molar-refractivity contribution in [2.45, 2.75) is 41.0 Å². The molecule has 0 amide bonds. The molecule has 0 N–H and O–H groups in total. The van der Waals surface area contributed by atoms with Crippen LogP contribution in [-0.4, -0.2) is 67.3 Å². The Balaban J connectivity index is -0.0000000598. The third kappa shape index (κ3) is 121. The van der Waals surface area contributed by atoms with E-state index in [-0.39, 0.29) is 11.9 Å². The van der Waals surface area contributed by atoms with E-state index in [9.17, 15) is 9.59 Å². The highest BCUT2D eigenvalue weighted by molar-refractivity contribution is 5.68. The number of methoxy groups -OCH3 is 4. The van der Waals surface area contributed by atoms with Gasteiger partial charge in [-0.3, -0.25) is 9.59 Å². The van der Waals surface area contributed by atoms with Gasteiger partial charge in [-0.25, -0.2) is 0 Å². The van der Waals surface area contributed by atoms with Crippen LogP contribution in [0.5, 0.6) is 0 Å². The number of rotatable bonds is 4. The minimum atomic E-state index is -0.245. The lowest BCUT2D eigenvalue weighted by atomic mass is 10.5. The summed E-state index contributed by atoms with van der Waals surface area (Å²) in [4.78, 5) is 19.5. The second-order valence-electron chi connectivity index (χ2n) is 3.39. The van der Waals surface area contributed by atoms with E-state index in [2.05, 4.69) is 18.9 Å². The Bertz CT molecular complexity index is 187. The zero-order valence-electron chi connectivity index (χ0n) is 16.7. The van der Waals surface area contributed by atoms with Crippen LogP contribution in [0.15, 0.2) is 0 Å². The SMILES string of the molecule is CCC(=O)OC.CCOC.CCOCC.COC.COC(C)=O. The summed E-state index contributed by atoms with van der Waals surface area (Å²) >= 11 is 0. The zero-order valence-corrected chi connectivity index (χ0v) is 16.7. The Morgan fingerprint density at radius 2 is 1.04 bits per heavy atom. The molecule has 0 aromatic carbocycles. The molecule has 0 aliphatic carbocycles. The van der Waals surface area contributed by atoms with Gasteiger partial charge in [-0.2, -0.15) is 0 Å². The molecule has 7 heteroatoms. The van der Waals surface area contributed by atoms with E-state index in [1.807, 2.05) is 20.8 Å². The van der Waals surface area contributed by atoms with E-state index in [1.165, 1.54) is 21.1 Å². The van der Waals surface area contributed by atoms with Crippen molar-refractivity contribution >= 4 is 11.9 Å². The van der Waals surface area contributed by atoms with Crippen molar-refractivity contribution in [1.82, 2.24) is 0 Å². The van der Waals surface area contributed by atoms with Crippen LogP contribution in [-0.2, 0) is 33.3 Å². The van der Waals surface area contributed by atoms with E-state index < -0.39 is 0 Å². The van der Waals surface area contributed by atoms with Gasteiger partial charge in [0.25, 0.3) is 0 Å². The summed E-state index contributed by atoms with van der Waals surface area (Å²) in [5, 5.41) is 0. The predicted molar refractivity (Wildman–Crippen MR) is 92.6 cm³/mol. The first-order chi connectivity index (χ1) is 10.8. The molecule has 0 aromatic heterocycles. The van der Waals surface area contributed by atoms with Crippen molar-refractivity contribution in [3.63, 3.8) is 0 Å². The van der Waals surface area contributed by atoms with E-state index in [1.54, 1.807) is 28.3 Å². The Morgan fingerprint density at radius 3 is 1.04 bits per heavy atom. The van der Waals surface area contributed by atoms with Crippen molar-refractivity contribution in [2.24, 2.45) is 0 Å². The number of esters is 2. The van der Waals surface area contributed by atoms with Crippen LogP contribution in [0.4, 0.5) is 0 Å². The molecule has 0 unspecified atom stereocenters. The van der Waals surface area contributed by atoms with Crippen molar-refractivity contribution < 1.29 is 33.3 Å². The summed E-state index contributed by atoms with van der Waals surface area (Å²) in [6.45, 7) is 11.6. The Labute approximate surface area is 142 Å². The summed E-state index contributed by atoms with van der Waals surface area (Å²) < 4.78 is 22.0. The lowest BCUT2D eigenvalue weighted by Gasteiger charge is -1.87. The smallest absolute Gasteiger partial charge is 0.305 e. The summed E-state index contributed by atoms with van der Waals surface area (Å²) in [6.07, 6.45) is 0.469. The molecule has 0 radical (unpaired) electrons. The summed E-state index contributed by atoms with van der Waals surface area (Å²) in [5.41, 5.74) is 0. The molecule has 0 saturated heterocycles. The minimum Gasteiger partial charge on any atom is -0.469 e. The fourth-order valence-electron chi connectivity index (χ4n) is 0.348. The molecule has 0 fully saturated rings. The van der Waals surface area contributed by atoms with Gasteiger partial charge in [0.1, 0.15) is 0 Å². The molecule has 0 heterocycles. The number of ether oxygens (including phenoxy) is 5. The topological polar surface area (TPSA) is 80.3 Å². The maximum Gasteiger partial charge on any atom is 0.305 e. The van der Waals surface area contributed by atoms with Gasteiger partial charge in [-0.15, -0.1) is 0 Å². The van der Waals surface area contributed by atoms with Gasteiger partial charge in [-0.05, 0) is 20.8 Å². The molecule has 0 aliphatic heterocycles. The normalized spacial score (nSPS) is 7.39. The van der Waals surface area contributed by atoms with E-state index in [0.717, 1.165) is 19.8 Å². The van der Waals surface area contributed by atoms with Crippen LogP contribution < -0.4 is 0 Å². The highest BCUT2D eigenvalue weighted by atomic mass is 16.5. The van der Waals surface area contributed by atoms with Gasteiger partial charge in [0.2, 0.25) is 0 Å². The summed E-state index contributed by atoms with van der Waals surface area (Å²) in [5.74, 6) is -0.403. The molecule has 144 valence electrons. The first-order valence-electron chi connectivity index (χ1n) is 7.41. The molecule has 0 aliphatic rings. The number of carbonyl (C=O) groups excluding carboxylic acids is 2. The molecule has 0 aromatic rings. The van der Waals surface area contributed by atoms with Crippen molar-refractivity contribution in [3.8, 4) is 0 Å². The first-order valence-corrected chi connectivity index (χ1v) is 7.41. The van der Waals surface area contributed by atoms with Crippen LogP contribution in [0.1, 0.15) is 41.0 Å². The van der Waals surface area contributed by atoms with Crippen LogP contribution >= 0.6 is 0 Å². The second-order valence-corrected chi connectivity index (χ2v) is 3.39. The number of hydrogen-bond acceptors (Lipinski definition) is 7.